The molecule has 0 bridgehead atoms. The van der Waals surface area contributed by atoms with Gasteiger partial charge in [-0.3, -0.25) is 0 Å². The number of benzene rings is 3. The van der Waals surface area contributed by atoms with E-state index >= 15 is 0 Å². The Bertz CT molecular complexity index is 865. The van der Waals surface area contributed by atoms with E-state index in [0.717, 1.165) is 5.39 Å². The molecule has 0 unspecified atom stereocenters. The van der Waals surface area contributed by atoms with Crippen LogP contribution < -0.4 is 0 Å². The van der Waals surface area contributed by atoms with Crippen molar-refractivity contribution in [2.24, 2.45) is 0 Å². The van der Waals surface area contributed by atoms with Gasteiger partial charge in [0.15, 0.2) is 0 Å². The van der Waals surface area contributed by atoms with Crippen LogP contribution in [0.15, 0.2) is 48.5 Å². The highest BCUT2D eigenvalue weighted by Crippen LogP contribution is 2.29. The Morgan fingerprint density at radius 3 is 2.15 bits per heavy atom. The first kappa shape index (κ1) is 12.2. The maximum Gasteiger partial charge on any atom is 0.336 e. The Hall–Kier alpha value is -2.88. The number of carbonyl (C=O) groups is 2. The van der Waals surface area contributed by atoms with Gasteiger partial charge in [0.25, 0.3) is 0 Å². The van der Waals surface area contributed by atoms with Gasteiger partial charge in [-0.2, -0.15) is 0 Å². The first-order chi connectivity index (χ1) is 9.58. The van der Waals surface area contributed by atoms with Gasteiger partial charge in [-0.1, -0.05) is 30.3 Å². The molecule has 0 fully saturated rings. The summed E-state index contributed by atoms with van der Waals surface area (Å²) < 4.78 is 0. The van der Waals surface area contributed by atoms with Crippen molar-refractivity contribution >= 4 is 33.5 Å². The zero-order chi connectivity index (χ0) is 14.3. The summed E-state index contributed by atoms with van der Waals surface area (Å²) in [5.41, 5.74) is 0.346. The van der Waals surface area contributed by atoms with Gasteiger partial charge < -0.3 is 10.2 Å². The Morgan fingerprint density at radius 2 is 1.45 bits per heavy atom. The molecule has 98 valence electrons. The van der Waals surface area contributed by atoms with Crippen LogP contribution in [0.1, 0.15) is 20.7 Å². The first-order valence-electron chi connectivity index (χ1n) is 6.00. The van der Waals surface area contributed by atoms with Gasteiger partial charge in [0.2, 0.25) is 0 Å². The molecule has 0 atom stereocenters. The average Bonchev–Trinajstić information content (AvgIpc) is 2.43. The molecular weight excluding hydrogens is 256 g/mol. The van der Waals surface area contributed by atoms with Crippen LogP contribution in [0.2, 0.25) is 0 Å². The Morgan fingerprint density at radius 1 is 0.750 bits per heavy atom. The van der Waals surface area contributed by atoms with Gasteiger partial charge in [0, 0.05) is 0 Å². The highest BCUT2D eigenvalue weighted by molar-refractivity contribution is 6.16. The van der Waals surface area contributed by atoms with Crippen LogP contribution in [0.25, 0.3) is 21.5 Å². The summed E-state index contributed by atoms with van der Waals surface area (Å²) in [5.74, 6) is -2.05. The quantitative estimate of drug-likeness (QED) is 0.697. The van der Waals surface area contributed by atoms with E-state index in [1.807, 2.05) is 18.2 Å². The van der Waals surface area contributed by atoms with E-state index in [1.165, 1.54) is 12.1 Å². The van der Waals surface area contributed by atoms with Crippen molar-refractivity contribution in [2.45, 2.75) is 0 Å². The van der Waals surface area contributed by atoms with Gasteiger partial charge in [-0.15, -0.1) is 0 Å². The van der Waals surface area contributed by atoms with E-state index in [1.54, 1.807) is 18.2 Å². The van der Waals surface area contributed by atoms with Crippen molar-refractivity contribution < 1.29 is 19.8 Å². The van der Waals surface area contributed by atoms with Crippen molar-refractivity contribution in [3.8, 4) is 0 Å². The molecular formula is C16H10O4. The average molecular weight is 266 g/mol. The SMILES string of the molecule is O=C(O)c1ccc2c(C(=O)O)c3ccccc3cc2c1. The van der Waals surface area contributed by atoms with Crippen molar-refractivity contribution in [1.82, 2.24) is 0 Å². The van der Waals surface area contributed by atoms with Crippen molar-refractivity contribution in [3.05, 3.63) is 59.7 Å². The predicted molar refractivity (Wildman–Crippen MR) is 75.4 cm³/mol. The standard InChI is InChI=1S/C16H10O4/c17-15(18)10-5-6-13-11(8-10)7-9-3-1-2-4-12(9)14(13)16(19)20/h1-8H,(H,17,18)(H,19,20). The van der Waals surface area contributed by atoms with Crippen LogP contribution in [0, 0.1) is 0 Å². The van der Waals surface area contributed by atoms with Gasteiger partial charge in [0.05, 0.1) is 11.1 Å². The molecule has 2 N–H and O–H groups in total. The van der Waals surface area contributed by atoms with E-state index in [4.69, 9.17) is 5.11 Å². The summed E-state index contributed by atoms with van der Waals surface area (Å²) in [4.78, 5) is 22.5. The lowest BCUT2D eigenvalue weighted by Gasteiger charge is -2.08. The molecule has 0 aromatic heterocycles. The fraction of sp³-hybridized carbons (Fsp3) is 0. The summed E-state index contributed by atoms with van der Waals surface area (Å²) in [7, 11) is 0. The normalized spacial score (nSPS) is 10.8. The summed E-state index contributed by atoms with van der Waals surface area (Å²) in [5, 5.41) is 21.0. The lowest BCUT2D eigenvalue weighted by molar-refractivity contribution is 0.0689. The van der Waals surface area contributed by atoms with Crippen LogP contribution in [-0.4, -0.2) is 22.2 Å². The van der Waals surface area contributed by atoms with Crippen molar-refractivity contribution in [1.29, 1.82) is 0 Å². The predicted octanol–water partition coefficient (Wildman–Crippen LogP) is 3.39. The summed E-state index contributed by atoms with van der Waals surface area (Å²) in [6.45, 7) is 0. The smallest absolute Gasteiger partial charge is 0.336 e. The molecule has 0 saturated carbocycles. The first-order valence-corrected chi connectivity index (χ1v) is 6.00. The fourth-order valence-electron chi connectivity index (χ4n) is 2.44. The number of carboxylic acid groups (broad SMARTS) is 2. The number of rotatable bonds is 2. The molecule has 0 spiro atoms. The molecule has 3 rings (SSSR count). The third-order valence-corrected chi connectivity index (χ3v) is 3.32. The third-order valence-electron chi connectivity index (χ3n) is 3.32. The Labute approximate surface area is 113 Å². The fourth-order valence-corrected chi connectivity index (χ4v) is 2.44. The van der Waals surface area contributed by atoms with E-state index in [2.05, 4.69) is 0 Å². The third kappa shape index (κ3) is 1.78. The molecule has 0 aliphatic heterocycles. The van der Waals surface area contributed by atoms with Crippen molar-refractivity contribution in [2.75, 3.05) is 0 Å². The molecule has 4 heteroatoms. The van der Waals surface area contributed by atoms with Crippen LogP contribution in [-0.2, 0) is 0 Å². The molecule has 3 aromatic rings. The molecule has 0 aliphatic rings. The second-order valence-corrected chi connectivity index (χ2v) is 4.52. The molecule has 0 heterocycles. The molecule has 0 radical (unpaired) electrons. The highest BCUT2D eigenvalue weighted by Gasteiger charge is 2.14. The zero-order valence-corrected chi connectivity index (χ0v) is 10.3. The van der Waals surface area contributed by atoms with Crippen LogP contribution in [0.5, 0.6) is 0 Å². The van der Waals surface area contributed by atoms with Crippen molar-refractivity contribution in [3.63, 3.8) is 0 Å². The minimum atomic E-state index is -1.03. The van der Waals surface area contributed by atoms with Crippen LogP contribution >= 0.6 is 0 Å². The molecule has 0 aliphatic carbocycles. The Balaban J connectivity index is 2.49. The summed E-state index contributed by atoms with van der Waals surface area (Å²) in [6, 6.07) is 13.5. The topological polar surface area (TPSA) is 74.6 Å². The molecule has 3 aromatic carbocycles. The molecule has 20 heavy (non-hydrogen) atoms. The zero-order valence-electron chi connectivity index (χ0n) is 10.3. The second kappa shape index (κ2) is 4.35. The van der Waals surface area contributed by atoms with Crippen LogP contribution in [0.4, 0.5) is 0 Å². The van der Waals surface area contributed by atoms with E-state index in [9.17, 15) is 14.7 Å². The minimum Gasteiger partial charge on any atom is -0.478 e. The molecule has 0 amide bonds. The maximum absolute atomic E-state index is 11.5. The van der Waals surface area contributed by atoms with Gasteiger partial charge in [-0.25, -0.2) is 9.59 Å². The maximum atomic E-state index is 11.5. The monoisotopic (exact) mass is 266 g/mol. The molecule has 4 nitrogen and oxygen atoms in total. The number of aromatic carboxylic acids is 2. The largest absolute Gasteiger partial charge is 0.478 e. The van der Waals surface area contributed by atoms with Gasteiger partial charge in [0.1, 0.15) is 0 Å². The van der Waals surface area contributed by atoms with E-state index in [0.29, 0.717) is 16.2 Å². The number of hydrogen-bond acceptors (Lipinski definition) is 2. The van der Waals surface area contributed by atoms with Crippen LogP contribution in [0.3, 0.4) is 0 Å². The Kier molecular flexibility index (Phi) is 2.64. The summed E-state index contributed by atoms with van der Waals surface area (Å²) >= 11 is 0. The molecule has 0 saturated heterocycles. The number of hydrogen-bond donors (Lipinski definition) is 2. The van der Waals surface area contributed by atoms with E-state index in [-0.39, 0.29) is 11.1 Å². The second-order valence-electron chi connectivity index (χ2n) is 4.52. The summed E-state index contributed by atoms with van der Waals surface area (Å²) in [6.07, 6.45) is 0. The lowest BCUT2D eigenvalue weighted by Crippen LogP contribution is -2.01. The number of carboxylic acids is 2. The highest BCUT2D eigenvalue weighted by atomic mass is 16.4. The van der Waals surface area contributed by atoms with Gasteiger partial charge in [-0.05, 0) is 39.7 Å². The minimum absolute atomic E-state index is 0.143. The lowest BCUT2D eigenvalue weighted by atomic mass is 9.95. The van der Waals surface area contributed by atoms with E-state index < -0.39 is 11.9 Å². The van der Waals surface area contributed by atoms with Gasteiger partial charge >= 0.3 is 11.9 Å². The number of fused-ring (bicyclic) bond motifs is 2.